The first-order valence-corrected chi connectivity index (χ1v) is 9.69. The van der Waals surface area contributed by atoms with Crippen LogP contribution in [0.2, 0.25) is 0 Å². The summed E-state index contributed by atoms with van der Waals surface area (Å²) in [4.78, 5) is 28.2. The van der Waals surface area contributed by atoms with E-state index in [4.69, 9.17) is 0 Å². The van der Waals surface area contributed by atoms with Crippen molar-refractivity contribution in [3.63, 3.8) is 0 Å². The van der Waals surface area contributed by atoms with Gasteiger partial charge in [-0.1, -0.05) is 0 Å². The normalized spacial score (nSPS) is 22.2. The highest BCUT2D eigenvalue weighted by Gasteiger charge is 2.39. The van der Waals surface area contributed by atoms with Crippen LogP contribution in [0.3, 0.4) is 0 Å². The molecule has 0 aromatic carbocycles. The van der Waals surface area contributed by atoms with E-state index in [0.29, 0.717) is 11.3 Å². The Hall–Kier alpha value is -2.27. The Morgan fingerprint density at radius 2 is 1.88 bits per heavy atom. The van der Waals surface area contributed by atoms with Gasteiger partial charge in [0.25, 0.3) is 11.8 Å². The molecule has 24 heavy (non-hydrogen) atoms. The summed E-state index contributed by atoms with van der Waals surface area (Å²) in [5.74, 6) is -1.28. The molecule has 9 nitrogen and oxygen atoms in total. The first-order valence-electron chi connectivity index (χ1n) is 7.03. The fourth-order valence-electron chi connectivity index (χ4n) is 2.52. The van der Waals surface area contributed by atoms with E-state index in [-0.39, 0.29) is 11.5 Å². The molecule has 0 spiro atoms. The highest BCUT2D eigenvalue weighted by molar-refractivity contribution is 7.91. The Bertz CT molecular complexity index is 859. The molecule has 0 saturated carbocycles. The van der Waals surface area contributed by atoms with Gasteiger partial charge in [0, 0.05) is 12.4 Å². The summed E-state index contributed by atoms with van der Waals surface area (Å²) in [6, 6.07) is -1.40. The number of hydrogen-bond acceptors (Lipinski definition) is 7. The molecule has 3 rings (SSSR count). The molecule has 11 heteroatoms. The zero-order chi connectivity index (χ0) is 17.3. The summed E-state index contributed by atoms with van der Waals surface area (Å²) in [7, 11) is -1.69. The summed E-state index contributed by atoms with van der Waals surface area (Å²) < 4.78 is 29.2. The van der Waals surface area contributed by atoms with Gasteiger partial charge in [0.05, 0.1) is 47.9 Å². The van der Waals surface area contributed by atoms with E-state index in [0.717, 1.165) is 11.5 Å². The molecule has 0 aliphatic carbocycles. The van der Waals surface area contributed by atoms with Crippen LogP contribution in [0.5, 0.6) is 0 Å². The second-order valence-corrected chi connectivity index (χ2v) is 8.35. The van der Waals surface area contributed by atoms with Crippen LogP contribution < -0.4 is 10.6 Å². The largest absolute Gasteiger partial charge is 0.346 e. The van der Waals surface area contributed by atoms with Crippen LogP contribution in [0.25, 0.3) is 0 Å². The van der Waals surface area contributed by atoms with E-state index in [9.17, 15) is 18.0 Å². The molecule has 2 aromatic rings. The quantitative estimate of drug-likeness (QED) is 0.727. The number of hydrogen-bond donors (Lipinski definition) is 2. The first-order chi connectivity index (χ1) is 11.4. The van der Waals surface area contributed by atoms with Gasteiger partial charge in [-0.15, -0.1) is 0 Å². The fraction of sp³-hybridized carbons (Fsp3) is 0.385. The molecule has 0 unspecified atom stereocenters. The number of amides is 2. The predicted molar refractivity (Wildman–Crippen MR) is 86.5 cm³/mol. The topological polar surface area (TPSA) is 123 Å². The molecule has 2 atom stereocenters. The van der Waals surface area contributed by atoms with E-state index in [2.05, 4.69) is 20.0 Å². The average Bonchev–Trinajstić information content (AvgIpc) is 3.20. The molecular formula is C13H15N5O4S2. The number of sulfone groups is 1. The molecule has 1 saturated heterocycles. The molecule has 128 valence electrons. The molecule has 0 radical (unpaired) electrons. The van der Waals surface area contributed by atoms with Gasteiger partial charge >= 0.3 is 0 Å². The van der Waals surface area contributed by atoms with Crippen molar-refractivity contribution in [2.24, 2.45) is 7.05 Å². The maximum absolute atomic E-state index is 12.3. The van der Waals surface area contributed by atoms with Crippen molar-refractivity contribution < 1.29 is 18.0 Å². The van der Waals surface area contributed by atoms with Crippen molar-refractivity contribution in [2.75, 3.05) is 11.5 Å². The second kappa shape index (κ2) is 6.32. The lowest BCUT2D eigenvalue weighted by Gasteiger charge is -2.20. The van der Waals surface area contributed by atoms with Gasteiger partial charge in [-0.3, -0.25) is 9.59 Å². The zero-order valence-electron chi connectivity index (χ0n) is 12.7. The number of carbonyl (C=O) groups is 2. The van der Waals surface area contributed by atoms with Crippen molar-refractivity contribution in [1.29, 1.82) is 0 Å². The summed E-state index contributed by atoms with van der Waals surface area (Å²) in [6.07, 6.45) is 4.28. The lowest BCUT2D eigenvalue weighted by atomic mass is 10.1. The smallest absolute Gasteiger partial charge is 0.269 e. The second-order valence-electron chi connectivity index (χ2n) is 5.54. The molecule has 2 N–H and O–H groups in total. The number of aryl methyl sites for hydroxylation is 1. The Balaban J connectivity index is 1.73. The first kappa shape index (κ1) is 16.6. The van der Waals surface area contributed by atoms with Gasteiger partial charge < -0.3 is 15.2 Å². The van der Waals surface area contributed by atoms with Crippen LogP contribution in [-0.2, 0) is 16.9 Å². The maximum atomic E-state index is 12.3. The van der Waals surface area contributed by atoms with Gasteiger partial charge in [-0.05, 0) is 11.5 Å². The van der Waals surface area contributed by atoms with Crippen molar-refractivity contribution in [3.05, 3.63) is 35.4 Å². The molecule has 1 aliphatic heterocycles. The maximum Gasteiger partial charge on any atom is 0.269 e. The van der Waals surface area contributed by atoms with Crippen molar-refractivity contribution in [3.8, 4) is 0 Å². The Morgan fingerprint density at radius 1 is 1.21 bits per heavy atom. The number of nitrogens with one attached hydrogen (secondary N) is 2. The van der Waals surface area contributed by atoms with Gasteiger partial charge in [-0.25, -0.2) is 17.8 Å². The lowest BCUT2D eigenvalue weighted by Crippen LogP contribution is -2.51. The van der Waals surface area contributed by atoms with Gasteiger partial charge in [0.1, 0.15) is 5.69 Å². The molecule has 0 bridgehead atoms. The van der Waals surface area contributed by atoms with E-state index in [1.807, 2.05) is 0 Å². The van der Waals surface area contributed by atoms with Crippen LogP contribution >= 0.6 is 11.5 Å². The third kappa shape index (κ3) is 3.46. The van der Waals surface area contributed by atoms with Crippen LogP contribution in [-0.4, -0.2) is 57.7 Å². The number of carbonyl (C=O) groups excluding carboxylic acids is 2. The van der Waals surface area contributed by atoms with Gasteiger partial charge in [0.2, 0.25) is 0 Å². The van der Waals surface area contributed by atoms with Crippen molar-refractivity contribution in [1.82, 2.24) is 24.6 Å². The molecule has 2 aromatic heterocycles. The third-order valence-corrected chi connectivity index (χ3v) is 6.05. The number of aromatic nitrogens is 3. The molecule has 3 heterocycles. The minimum Gasteiger partial charge on any atom is -0.346 e. The van der Waals surface area contributed by atoms with Gasteiger partial charge in [0.15, 0.2) is 9.84 Å². The van der Waals surface area contributed by atoms with E-state index < -0.39 is 33.7 Å². The van der Waals surface area contributed by atoms with Crippen LogP contribution in [0, 0.1) is 0 Å². The lowest BCUT2D eigenvalue weighted by molar-refractivity contribution is 0.0892. The Morgan fingerprint density at radius 3 is 2.42 bits per heavy atom. The molecule has 1 aliphatic rings. The zero-order valence-corrected chi connectivity index (χ0v) is 14.3. The molecule has 2 amide bonds. The number of imidazole rings is 1. The SMILES string of the molecule is Cn1cncc1C(=O)N[C@H]1CS(=O)(=O)C[C@H]1NC(=O)c1cnsc1. The monoisotopic (exact) mass is 369 g/mol. The van der Waals surface area contributed by atoms with Crippen LogP contribution in [0.1, 0.15) is 20.8 Å². The average molecular weight is 369 g/mol. The van der Waals surface area contributed by atoms with Crippen LogP contribution in [0.4, 0.5) is 0 Å². The minimum absolute atomic E-state index is 0.216. The Kier molecular flexibility index (Phi) is 4.37. The third-order valence-electron chi connectivity index (χ3n) is 3.73. The standard InChI is InChI=1S/C13H15N5O4S2/c1-18-7-14-3-11(18)13(20)17-10-6-24(21,22)5-9(10)16-12(19)8-2-15-23-4-8/h2-4,7,9-10H,5-6H2,1H3,(H,16,19)(H,17,20)/t9-,10+/m1/s1. The van der Waals surface area contributed by atoms with E-state index in [1.165, 1.54) is 23.3 Å². The highest BCUT2D eigenvalue weighted by Crippen LogP contribution is 2.15. The van der Waals surface area contributed by atoms with E-state index in [1.54, 1.807) is 12.4 Å². The van der Waals surface area contributed by atoms with Crippen molar-refractivity contribution >= 4 is 33.2 Å². The fourth-order valence-corrected chi connectivity index (χ4v) is 4.90. The molecule has 1 fully saturated rings. The Labute approximate surface area is 142 Å². The highest BCUT2D eigenvalue weighted by atomic mass is 32.2. The van der Waals surface area contributed by atoms with E-state index >= 15 is 0 Å². The van der Waals surface area contributed by atoms with Crippen molar-refractivity contribution in [2.45, 2.75) is 12.1 Å². The molecular weight excluding hydrogens is 354 g/mol. The summed E-state index contributed by atoms with van der Waals surface area (Å²) in [5, 5.41) is 6.91. The number of rotatable bonds is 4. The van der Waals surface area contributed by atoms with Gasteiger partial charge in [-0.2, -0.15) is 0 Å². The van der Waals surface area contributed by atoms with Crippen LogP contribution in [0.15, 0.2) is 24.1 Å². The summed E-state index contributed by atoms with van der Waals surface area (Å²) in [5.41, 5.74) is 0.674. The predicted octanol–water partition coefficient (Wildman–Crippen LogP) is -0.798. The summed E-state index contributed by atoms with van der Waals surface area (Å²) >= 11 is 1.13. The summed E-state index contributed by atoms with van der Waals surface area (Å²) in [6.45, 7) is 0. The number of nitrogens with zero attached hydrogens (tertiary/aromatic N) is 3. The minimum atomic E-state index is -3.35.